The van der Waals surface area contributed by atoms with Crippen molar-refractivity contribution in [3.63, 3.8) is 0 Å². The first-order chi connectivity index (χ1) is 9.19. The summed E-state index contributed by atoms with van der Waals surface area (Å²) in [5.41, 5.74) is 9.01. The van der Waals surface area contributed by atoms with Crippen molar-refractivity contribution < 1.29 is 0 Å². The lowest BCUT2D eigenvalue weighted by atomic mass is 10.1. The molecule has 3 rings (SSSR count). The van der Waals surface area contributed by atoms with Gasteiger partial charge in [-0.3, -0.25) is 0 Å². The second-order valence-electron chi connectivity index (χ2n) is 5.97. The first-order valence-corrected chi connectivity index (χ1v) is 7.45. The van der Waals surface area contributed by atoms with Gasteiger partial charge in [0.15, 0.2) is 0 Å². The number of aromatic nitrogens is 2. The summed E-state index contributed by atoms with van der Waals surface area (Å²) in [4.78, 5) is 4.82. The molecule has 1 fully saturated rings. The highest BCUT2D eigenvalue weighted by atomic mass is 15.1. The Hall–Kier alpha value is -1.51. The van der Waals surface area contributed by atoms with Crippen molar-refractivity contribution in [2.75, 3.05) is 5.73 Å². The largest absolute Gasteiger partial charge is 0.399 e. The molecule has 0 saturated heterocycles. The zero-order chi connectivity index (χ0) is 13.4. The Bertz CT molecular complexity index is 585. The Morgan fingerprint density at radius 1 is 1.37 bits per heavy atom. The number of anilines is 1. The van der Waals surface area contributed by atoms with Gasteiger partial charge in [0.05, 0.1) is 11.0 Å². The summed E-state index contributed by atoms with van der Waals surface area (Å²) in [5, 5.41) is 0. The molecule has 1 aromatic heterocycles. The summed E-state index contributed by atoms with van der Waals surface area (Å²) >= 11 is 0. The maximum atomic E-state index is 5.88. The van der Waals surface area contributed by atoms with Crippen LogP contribution in [0, 0.1) is 5.92 Å². The number of imidazole rings is 1. The number of rotatable bonds is 3. The quantitative estimate of drug-likeness (QED) is 0.847. The Kier molecular flexibility index (Phi) is 3.21. The van der Waals surface area contributed by atoms with Crippen molar-refractivity contribution >= 4 is 16.7 Å². The molecule has 1 aliphatic carbocycles. The van der Waals surface area contributed by atoms with Crippen LogP contribution in [0.3, 0.4) is 0 Å². The maximum Gasteiger partial charge on any atom is 0.110 e. The van der Waals surface area contributed by atoms with E-state index in [0.717, 1.165) is 30.0 Å². The highest BCUT2D eigenvalue weighted by Gasteiger charge is 2.26. The molecule has 0 aliphatic heterocycles. The van der Waals surface area contributed by atoms with Crippen LogP contribution in [0.4, 0.5) is 5.69 Å². The van der Waals surface area contributed by atoms with E-state index in [1.807, 2.05) is 12.1 Å². The molecule has 0 bridgehead atoms. The van der Waals surface area contributed by atoms with Gasteiger partial charge in [0, 0.05) is 18.2 Å². The molecule has 1 aliphatic rings. The van der Waals surface area contributed by atoms with Gasteiger partial charge < -0.3 is 10.3 Å². The minimum atomic E-state index is 0.630. The molecule has 3 heteroatoms. The molecule has 102 valence electrons. The third kappa shape index (κ3) is 2.22. The van der Waals surface area contributed by atoms with Crippen LogP contribution in [0.25, 0.3) is 11.0 Å². The van der Waals surface area contributed by atoms with Crippen molar-refractivity contribution in [2.45, 2.75) is 52.0 Å². The maximum absolute atomic E-state index is 5.88. The first-order valence-electron chi connectivity index (χ1n) is 7.45. The highest BCUT2D eigenvalue weighted by Crippen LogP contribution is 2.37. The Morgan fingerprint density at radius 3 is 2.89 bits per heavy atom. The van der Waals surface area contributed by atoms with Crippen LogP contribution in [0.2, 0.25) is 0 Å². The van der Waals surface area contributed by atoms with Crippen LogP contribution in [0.15, 0.2) is 18.2 Å². The summed E-state index contributed by atoms with van der Waals surface area (Å²) in [5.74, 6) is 2.08. The number of hydrogen-bond donors (Lipinski definition) is 1. The molecule has 1 heterocycles. The lowest BCUT2D eigenvalue weighted by Crippen LogP contribution is -2.09. The van der Waals surface area contributed by atoms with Crippen LogP contribution < -0.4 is 5.73 Å². The van der Waals surface area contributed by atoms with Crippen molar-refractivity contribution in [2.24, 2.45) is 5.92 Å². The van der Waals surface area contributed by atoms with Crippen molar-refractivity contribution in [3.05, 3.63) is 24.0 Å². The fourth-order valence-corrected chi connectivity index (χ4v) is 3.38. The lowest BCUT2D eigenvalue weighted by molar-refractivity contribution is 0.486. The number of aryl methyl sites for hydroxylation is 1. The normalized spacial score (nSPS) is 23.3. The predicted molar refractivity (Wildman–Crippen MR) is 80.2 cm³/mol. The van der Waals surface area contributed by atoms with Gasteiger partial charge in [-0.1, -0.05) is 13.8 Å². The van der Waals surface area contributed by atoms with E-state index in [1.165, 1.54) is 30.6 Å². The molecule has 1 aromatic carbocycles. The minimum absolute atomic E-state index is 0.630. The third-order valence-electron chi connectivity index (χ3n) is 4.29. The zero-order valence-electron chi connectivity index (χ0n) is 11.9. The van der Waals surface area contributed by atoms with Crippen LogP contribution in [-0.2, 0) is 6.42 Å². The molecule has 0 spiro atoms. The summed E-state index contributed by atoms with van der Waals surface area (Å²) in [6.07, 6.45) is 6.10. The standard InChI is InChI=1S/C16H23N3/c1-3-4-16-18-14-10-12(17)6-8-15(14)19(16)13-7-5-11(2)9-13/h6,8,10-11,13H,3-5,7,9,17H2,1-2H3. The van der Waals surface area contributed by atoms with E-state index >= 15 is 0 Å². The van der Waals surface area contributed by atoms with E-state index in [4.69, 9.17) is 10.7 Å². The topological polar surface area (TPSA) is 43.8 Å². The van der Waals surface area contributed by atoms with E-state index in [0.29, 0.717) is 6.04 Å². The summed E-state index contributed by atoms with van der Waals surface area (Å²) < 4.78 is 2.49. The molecule has 2 N–H and O–H groups in total. The molecule has 2 atom stereocenters. The molecular formula is C16H23N3. The number of nitrogens with zero attached hydrogens (tertiary/aromatic N) is 2. The molecule has 2 aromatic rings. The Balaban J connectivity index is 2.11. The second-order valence-corrected chi connectivity index (χ2v) is 5.97. The number of hydrogen-bond acceptors (Lipinski definition) is 2. The van der Waals surface area contributed by atoms with E-state index < -0.39 is 0 Å². The molecule has 1 saturated carbocycles. The van der Waals surface area contributed by atoms with Crippen molar-refractivity contribution in [1.82, 2.24) is 9.55 Å². The molecule has 2 unspecified atom stereocenters. The summed E-state index contributed by atoms with van der Waals surface area (Å²) in [7, 11) is 0. The highest BCUT2D eigenvalue weighted by molar-refractivity contribution is 5.79. The summed E-state index contributed by atoms with van der Waals surface area (Å²) in [6, 6.07) is 6.77. The number of benzene rings is 1. The van der Waals surface area contributed by atoms with Gasteiger partial charge in [-0.15, -0.1) is 0 Å². The van der Waals surface area contributed by atoms with E-state index in [2.05, 4.69) is 24.5 Å². The smallest absolute Gasteiger partial charge is 0.110 e. The SMILES string of the molecule is CCCc1nc2cc(N)ccc2n1C1CCC(C)C1. The van der Waals surface area contributed by atoms with E-state index in [-0.39, 0.29) is 0 Å². The average molecular weight is 257 g/mol. The molecule has 0 amide bonds. The fraction of sp³-hybridized carbons (Fsp3) is 0.562. The zero-order valence-corrected chi connectivity index (χ0v) is 11.9. The number of fused-ring (bicyclic) bond motifs is 1. The van der Waals surface area contributed by atoms with Gasteiger partial charge in [-0.2, -0.15) is 0 Å². The molecule has 0 radical (unpaired) electrons. The van der Waals surface area contributed by atoms with Crippen LogP contribution in [0.1, 0.15) is 51.4 Å². The minimum Gasteiger partial charge on any atom is -0.399 e. The predicted octanol–water partition coefficient (Wildman–Crippen LogP) is 3.93. The molecule has 19 heavy (non-hydrogen) atoms. The second kappa shape index (κ2) is 4.87. The van der Waals surface area contributed by atoms with E-state index in [1.54, 1.807) is 0 Å². The Morgan fingerprint density at radius 2 is 2.21 bits per heavy atom. The average Bonchev–Trinajstić information content (AvgIpc) is 2.92. The van der Waals surface area contributed by atoms with Gasteiger partial charge in [0.2, 0.25) is 0 Å². The molecular weight excluding hydrogens is 234 g/mol. The van der Waals surface area contributed by atoms with Gasteiger partial charge in [0.25, 0.3) is 0 Å². The number of nitrogen functional groups attached to an aromatic ring is 1. The van der Waals surface area contributed by atoms with Crippen LogP contribution in [-0.4, -0.2) is 9.55 Å². The van der Waals surface area contributed by atoms with Gasteiger partial charge in [-0.05, 0) is 49.8 Å². The fourth-order valence-electron chi connectivity index (χ4n) is 3.38. The third-order valence-corrected chi connectivity index (χ3v) is 4.29. The number of nitrogens with two attached hydrogens (primary N) is 1. The van der Waals surface area contributed by atoms with E-state index in [9.17, 15) is 0 Å². The van der Waals surface area contributed by atoms with Crippen molar-refractivity contribution in [1.29, 1.82) is 0 Å². The van der Waals surface area contributed by atoms with Crippen LogP contribution in [0.5, 0.6) is 0 Å². The first kappa shape index (κ1) is 12.5. The van der Waals surface area contributed by atoms with Gasteiger partial charge in [-0.25, -0.2) is 4.98 Å². The van der Waals surface area contributed by atoms with Crippen molar-refractivity contribution in [3.8, 4) is 0 Å². The summed E-state index contributed by atoms with van der Waals surface area (Å²) in [6.45, 7) is 4.58. The van der Waals surface area contributed by atoms with Gasteiger partial charge >= 0.3 is 0 Å². The Labute approximate surface area is 114 Å². The van der Waals surface area contributed by atoms with Gasteiger partial charge in [0.1, 0.15) is 5.82 Å². The molecule has 3 nitrogen and oxygen atoms in total. The lowest BCUT2D eigenvalue weighted by Gasteiger charge is -2.16. The monoisotopic (exact) mass is 257 g/mol. The van der Waals surface area contributed by atoms with Crippen LogP contribution >= 0.6 is 0 Å².